The summed E-state index contributed by atoms with van der Waals surface area (Å²) >= 11 is 0.629. The minimum absolute atomic E-state index is 0. The standard InChI is InChI=1S/CHNS.Fe.Hg/c2-1-3;;/h3H;;/q;;+1/p-1. The predicted octanol–water partition coefficient (Wildman–Crippen LogP) is 0.660. The Kier molecular flexibility index (Phi) is 17.2. The van der Waals surface area contributed by atoms with Crippen molar-refractivity contribution >= 4 is 8.24 Å². The Balaban J connectivity index is 0. The van der Waals surface area contributed by atoms with Gasteiger partial charge in [-0.3, -0.25) is 0 Å². The van der Waals surface area contributed by atoms with Gasteiger partial charge in [0, 0.05) is 17.1 Å². The summed E-state index contributed by atoms with van der Waals surface area (Å²) in [4.78, 5) is 0. The molecular weight excluding hydrogens is 315 g/mol. The molecule has 0 aliphatic rings. The molecule has 0 aliphatic heterocycles. The molecule has 5 heavy (non-hydrogen) atoms. The molecule has 0 bridgehead atoms. The molecule has 0 aromatic rings. The van der Waals surface area contributed by atoms with Gasteiger partial charge < -0.3 is 0 Å². The molecular formula is CFeHgNS. The molecule has 0 radical (unpaired) electrons. The number of hydrogen-bond donors (Lipinski definition) is 0. The zero-order chi connectivity index (χ0) is 3.41. The second kappa shape index (κ2) is 9.00. The summed E-state index contributed by atoms with van der Waals surface area (Å²) in [5.74, 6) is 0. The normalized spacial score (nSPS) is 4.20. The fraction of sp³-hybridized carbons (Fsp3) is 0. The summed E-state index contributed by atoms with van der Waals surface area (Å²) in [6, 6.07) is 0. The van der Waals surface area contributed by atoms with Crippen LogP contribution in [0.25, 0.3) is 0 Å². The van der Waals surface area contributed by atoms with Gasteiger partial charge in [0.05, 0.1) is 0 Å². The molecule has 0 heterocycles. The maximum Gasteiger partial charge on any atom is 0 e. The van der Waals surface area contributed by atoms with Crippen molar-refractivity contribution in [2.45, 2.75) is 0 Å². The van der Waals surface area contributed by atoms with E-state index in [2.05, 4.69) is 0 Å². The van der Waals surface area contributed by atoms with Gasteiger partial charge in [0.15, 0.2) is 0 Å². The van der Waals surface area contributed by atoms with Crippen molar-refractivity contribution in [3.63, 3.8) is 0 Å². The molecule has 0 amide bonds. The van der Waals surface area contributed by atoms with Crippen LogP contribution in [0.5, 0.6) is 0 Å². The average Bonchev–Trinajstić information content (AvgIpc) is 1.37. The number of nitriles is 1. The molecule has 0 aromatic carbocycles. The first-order valence-corrected chi connectivity index (χ1v) is 8.44. The minimum Gasteiger partial charge on any atom is 0 e. The van der Waals surface area contributed by atoms with Gasteiger partial charge in [-0.05, 0) is 0 Å². The van der Waals surface area contributed by atoms with E-state index < -0.39 is 0 Å². The van der Waals surface area contributed by atoms with Crippen LogP contribution in [0.15, 0.2) is 0 Å². The van der Waals surface area contributed by atoms with Crippen LogP contribution in [0.3, 0.4) is 0 Å². The van der Waals surface area contributed by atoms with E-state index in [1.165, 1.54) is 8.24 Å². The first kappa shape index (κ1) is 9.57. The molecule has 4 heteroatoms. The molecule has 0 aromatic heterocycles. The van der Waals surface area contributed by atoms with E-state index in [0.29, 0.717) is 24.6 Å². The van der Waals surface area contributed by atoms with Gasteiger partial charge in [0.2, 0.25) is 0 Å². The van der Waals surface area contributed by atoms with Crippen LogP contribution in [0, 0.1) is 10.7 Å². The average molecular weight is 315 g/mol. The van der Waals surface area contributed by atoms with Crippen LogP contribution in [0.2, 0.25) is 0 Å². The molecule has 0 saturated carbocycles. The van der Waals surface area contributed by atoms with E-state index in [1.807, 2.05) is 5.40 Å². The van der Waals surface area contributed by atoms with Gasteiger partial charge in [0.1, 0.15) is 0 Å². The Hall–Kier alpha value is 1.29. The minimum atomic E-state index is 0. The topological polar surface area (TPSA) is 23.8 Å². The number of rotatable bonds is 0. The third-order valence-electron chi connectivity index (χ3n) is 0.0645. The predicted molar refractivity (Wildman–Crippen MR) is 13.2 cm³/mol. The molecule has 0 fully saturated rings. The monoisotopic (exact) mass is 316 g/mol. The van der Waals surface area contributed by atoms with Crippen LogP contribution in [0.1, 0.15) is 0 Å². The molecule has 0 rings (SSSR count). The SMILES string of the molecule is N#C[S][Hg].[Fe]. The third-order valence-corrected chi connectivity index (χ3v) is 1.70. The maximum atomic E-state index is 7.64. The Bertz CT molecular complexity index is 41.4. The van der Waals surface area contributed by atoms with Crippen molar-refractivity contribution in [1.82, 2.24) is 0 Å². The van der Waals surface area contributed by atoms with Crippen LogP contribution in [-0.2, 0) is 41.7 Å². The summed E-state index contributed by atoms with van der Waals surface area (Å²) in [6.07, 6.45) is 0. The van der Waals surface area contributed by atoms with Crippen LogP contribution in [0.4, 0.5) is 0 Å². The van der Waals surface area contributed by atoms with Crippen LogP contribution in [-0.4, -0.2) is 0 Å². The quantitative estimate of drug-likeness (QED) is 0.484. The van der Waals surface area contributed by atoms with E-state index in [0.717, 1.165) is 0 Å². The molecule has 25 valence electrons. The van der Waals surface area contributed by atoms with Gasteiger partial charge >= 0.3 is 43.5 Å². The van der Waals surface area contributed by atoms with Crippen molar-refractivity contribution in [3.8, 4) is 5.40 Å². The van der Waals surface area contributed by atoms with E-state index in [9.17, 15) is 0 Å². The Morgan fingerprint density at radius 3 is 2.00 bits per heavy atom. The van der Waals surface area contributed by atoms with E-state index >= 15 is 0 Å². The van der Waals surface area contributed by atoms with Crippen LogP contribution < -0.4 is 0 Å². The summed E-state index contributed by atoms with van der Waals surface area (Å²) in [5.41, 5.74) is 0. The first-order chi connectivity index (χ1) is 1.91. The smallest absolute Gasteiger partial charge is 0 e. The number of nitrogens with zero attached hydrogens (tertiary/aromatic N) is 1. The second-order valence-corrected chi connectivity index (χ2v) is 4.07. The van der Waals surface area contributed by atoms with Gasteiger partial charge in [-0.1, -0.05) is 0 Å². The molecule has 0 spiro atoms. The van der Waals surface area contributed by atoms with E-state index in [1.54, 1.807) is 0 Å². The van der Waals surface area contributed by atoms with Crippen molar-refractivity contribution < 1.29 is 41.7 Å². The zero-order valence-corrected chi connectivity index (χ0v) is 9.83. The Morgan fingerprint density at radius 1 is 1.80 bits per heavy atom. The van der Waals surface area contributed by atoms with Gasteiger partial charge in [-0.15, -0.1) is 0 Å². The fourth-order valence-corrected chi connectivity index (χ4v) is 0. The van der Waals surface area contributed by atoms with Crippen molar-refractivity contribution in [1.29, 1.82) is 5.26 Å². The van der Waals surface area contributed by atoms with Gasteiger partial charge in [-0.25, -0.2) is 0 Å². The van der Waals surface area contributed by atoms with Crippen molar-refractivity contribution in [2.75, 3.05) is 0 Å². The van der Waals surface area contributed by atoms with E-state index in [4.69, 9.17) is 5.26 Å². The summed E-state index contributed by atoms with van der Waals surface area (Å²) in [5, 5.41) is 9.57. The summed E-state index contributed by atoms with van der Waals surface area (Å²) in [7, 11) is 1.36. The van der Waals surface area contributed by atoms with Crippen LogP contribution >= 0.6 is 8.24 Å². The first-order valence-electron chi connectivity index (χ1n) is 0.716. The van der Waals surface area contributed by atoms with Gasteiger partial charge in [-0.2, -0.15) is 0 Å². The second-order valence-electron chi connectivity index (χ2n) is 0.236. The van der Waals surface area contributed by atoms with E-state index in [-0.39, 0.29) is 17.1 Å². The Labute approximate surface area is 60.1 Å². The zero-order valence-electron chi connectivity index (χ0n) is 2.42. The number of thiocyanates is 1. The number of hydrogen-bond acceptors (Lipinski definition) is 2. The molecule has 0 saturated heterocycles. The fourth-order valence-electron chi connectivity index (χ4n) is 0. The Morgan fingerprint density at radius 2 is 2.00 bits per heavy atom. The molecule has 0 N–H and O–H groups in total. The molecule has 1 nitrogen and oxygen atoms in total. The largest absolute Gasteiger partial charge is 0 e. The molecule has 0 unspecified atom stereocenters. The van der Waals surface area contributed by atoms with Gasteiger partial charge in [0.25, 0.3) is 0 Å². The molecule has 0 atom stereocenters. The third kappa shape index (κ3) is 10.9. The summed E-state index contributed by atoms with van der Waals surface area (Å²) < 4.78 is 0. The van der Waals surface area contributed by atoms with Crippen molar-refractivity contribution in [3.05, 3.63) is 0 Å². The molecule has 0 aliphatic carbocycles. The summed E-state index contributed by atoms with van der Waals surface area (Å²) in [6.45, 7) is 0. The van der Waals surface area contributed by atoms with Crippen molar-refractivity contribution in [2.24, 2.45) is 0 Å². The maximum absolute atomic E-state index is 7.64.